The second-order valence-corrected chi connectivity index (χ2v) is 5.97. The van der Waals surface area contributed by atoms with E-state index in [0.717, 1.165) is 19.3 Å². The maximum absolute atomic E-state index is 12.3. The van der Waals surface area contributed by atoms with E-state index < -0.39 is 6.09 Å². The number of nitrogens with one attached hydrogen (secondary N) is 1. The molecule has 7 nitrogen and oxygen atoms in total. The van der Waals surface area contributed by atoms with Crippen molar-refractivity contribution in [2.75, 3.05) is 25.5 Å². The molecule has 2 aliphatic rings. The number of nitrogens with zero attached hydrogens (tertiary/aromatic N) is 2. The predicted molar refractivity (Wildman–Crippen MR) is 78.8 cm³/mol. The molecule has 1 aliphatic carbocycles. The molecule has 1 spiro atoms. The molecule has 2 fully saturated rings. The van der Waals surface area contributed by atoms with Crippen molar-refractivity contribution in [3.63, 3.8) is 0 Å². The van der Waals surface area contributed by atoms with Crippen molar-refractivity contribution in [2.24, 2.45) is 11.3 Å². The van der Waals surface area contributed by atoms with Crippen LogP contribution in [0.25, 0.3) is 0 Å². The Kier molecular flexibility index (Phi) is 3.64. The van der Waals surface area contributed by atoms with Gasteiger partial charge in [-0.05, 0) is 30.7 Å². The van der Waals surface area contributed by atoms with Crippen LogP contribution in [0.3, 0.4) is 0 Å². The summed E-state index contributed by atoms with van der Waals surface area (Å²) in [5.74, 6) is 0.475. The van der Waals surface area contributed by atoms with Crippen LogP contribution in [0.5, 0.6) is 5.88 Å². The molecule has 1 atom stereocenters. The zero-order valence-electron chi connectivity index (χ0n) is 12.4. The summed E-state index contributed by atoms with van der Waals surface area (Å²) < 4.78 is 4.98. The summed E-state index contributed by atoms with van der Waals surface area (Å²) in [5.41, 5.74) is 0.645. The van der Waals surface area contributed by atoms with Gasteiger partial charge >= 0.3 is 6.09 Å². The molecule has 1 aromatic rings. The Balaban J connectivity index is 1.55. The zero-order valence-corrected chi connectivity index (χ0v) is 12.4. The van der Waals surface area contributed by atoms with Crippen molar-refractivity contribution in [2.45, 2.75) is 19.3 Å². The molecule has 2 N–H and O–H groups in total. The van der Waals surface area contributed by atoms with E-state index in [1.807, 2.05) is 0 Å². The van der Waals surface area contributed by atoms with Gasteiger partial charge in [-0.15, -0.1) is 0 Å². The van der Waals surface area contributed by atoms with Crippen LogP contribution in [0.4, 0.5) is 10.5 Å². The van der Waals surface area contributed by atoms with Crippen LogP contribution in [0.2, 0.25) is 0 Å². The van der Waals surface area contributed by atoms with Gasteiger partial charge in [0.15, 0.2) is 0 Å². The number of methoxy groups -OCH3 is 1. The highest BCUT2D eigenvalue weighted by atomic mass is 16.5. The molecule has 0 radical (unpaired) electrons. The first-order valence-electron chi connectivity index (χ1n) is 7.33. The number of ether oxygens (including phenoxy) is 1. The van der Waals surface area contributed by atoms with Gasteiger partial charge in [-0.25, -0.2) is 9.78 Å². The summed E-state index contributed by atoms with van der Waals surface area (Å²) in [6.45, 7) is 1.03. The molecule has 7 heteroatoms. The van der Waals surface area contributed by atoms with Gasteiger partial charge in [0.25, 0.3) is 0 Å². The number of hydrogen-bond donors (Lipinski definition) is 2. The summed E-state index contributed by atoms with van der Waals surface area (Å²) in [4.78, 5) is 28.7. The Bertz CT molecular complexity index is 579. The fraction of sp³-hybridized carbons (Fsp3) is 0.533. The molecular formula is C15H19N3O4. The molecule has 1 saturated carbocycles. The molecule has 1 aromatic heterocycles. The summed E-state index contributed by atoms with van der Waals surface area (Å²) in [5, 5.41) is 11.8. The van der Waals surface area contributed by atoms with Gasteiger partial charge in [-0.3, -0.25) is 4.79 Å². The Morgan fingerprint density at radius 1 is 1.41 bits per heavy atom. The molecule has 1 unspecified atom stereocenters. The number of carbonyl (C=O) groups is 2. The van der Waals surface area contributed by atoms with Crippen molar-refractivity contribution < 1.29 is 19.4 Å². The molecule has 22 heavy (non-hydrogen) atoms. The molecule has 2 amide bonds. The van der Waals surface area contributed by atoms with Crippen LogP contribution in [0, 0.1) is 11.3 Å². The molecular weight excluding hydrogens is 286 g/mol. The lowest BCUT2D eigenvalue weighted by Crippen LogP contribution is -2.39. The summed E-state index contributed by atoms with van der Waals surface area (Å²) in [6.07, 6.45) is 3.06. The molecule has 0 bridgehead atoms. The maximum atomic E-state index is 12.3. The van der Waals surface area contributed by atoms with E-state index in [-0.39, 0.29) is 17.2 Å². The van der Waals surface area contributed by atoms with Gasteiger partial charge in [0.1, 0.15) is 0 Å². The number of carboxylic acid groups (broad SMARTS) is 1. The van der Waals surface area contributed by atoms with E-state index in [4.69, 9.17) is 9.84 Å². The number of carbonyl (C=O) groups excluding carboxylic acids is 1. The maximum Gasteiger partial charge on any atom is 0.407 e. The van der Waals surface area contributed by atoms with Gasteiger partial charge in [-0.1, -0.05) is 0 Å². The number of aromatic nitrogens is 1. The Morgan fingerprint density at radius 2 is 2.14 bits per heavy atom. The second-order valence-electron chi connectivity index (χ2n) is 5.97. The van der Waals surface area contributed by atoms with Crippen molar-refractivity contribution in [3.8, 4) is 5.88 Å². The average Bonchev–Trinajstić information content (AvgIpc) is 3.22. The van der Waals surface area contributed by atoms with E-state index in [0.29, 0.717) is 24.7 Å². The van der Waals surface area contributed by atoms with Crippen LogP contribution in [-0.4, -0.2) is 47.2 Å². The smallest absolute Gasteiger partial charge is 0.407 e. The highest BCUT2D eigenvalue weighted by Gasteiger charge is 2.58. The fourth-order valence-electron chi connectivity index (χ4n) is 3.22. The second kappa shape index (κ2) is 5.47. The topological polar surface area (TPSA) is 91.8 Å². The molecule has 1 saturated heterocycles. The highest BCUT2D eigenvalue weighted by Crippen LogP contribution is 2.59. The van der Waals surface area contributed by atoms with Crippen LogP contribution < -0.4 is 10.1 Å². The lowest BCUT2D eigenvalue weighted by atomic mass is 9.91. The molecule has 118 valence electrons. The zero-order chi connectivity index (χ0) is 15.7. The standard InChI is InChI=1S/C15H19N3O4/c1-22-12-3-2-10(9-16-12)17-13(19)11-8-15(11)4-6-18(7-5-15)14(20)21/h2-3,9,11H,4-8H2,1H3,(H,17,19)(H,20,21). The van der Waals surface area contributed by atoms with Crippen molar-refractivity contribution in [1.82, 2.24) is 9.88 Å². The van der Waals surface area contributed by atoms with Crippen molar-refractivity contribution >= 4 is 17.7 Å². The lowest BCUT2D eigenvalue weighted by molar-refractivity contribution is -0.118. The summed E-state index contributed by atoms with van der Waals surface area (Å²) in [6, 6.07) is 3.45. The number of likely N-dealkylation sites (tertiary alicyclic amines) is 1. The first-order valence-corrected chi connectivity index (χ1v) is 7.33. The van der Waals surface area contributed by atoms with E-state index >= 15 is 0 Å². The number of anilines is 1. The third kappa shape index (κ3) is 2.70. The van der Waals surface area contributed by atoms with Crippen LogP contribution in [0.1, 0.15) is 19.3 Å². The quantitative estimate of drug-likeness (QED) is 0.888. The van der Waals surface area contributed by atoms with Gasteiger partial charge in [0, 0.05) is 25.1 Å². The summed E-state index contributed by atoms with van der Waals surface area (Å²) in [7, 11) is 1.54. The van der Waals surface area contributed by atoms with Gasteiger partial charge in [0.05, 0.1) is 19.0 Å². The first kappa shape index (κ1) is 14.6. The van der Waals surface area contributed by atoms with Crippen molar-refractivity contribution in [1.29, 1.82) is 0 Å². The Hall–Kier alpha value is -2.31. The Morgan fingerprint density at radius 3 is 2.68 bits per heavy atom. The Labute approximate surface area is 128 Å². The monoisotopic (exact) mass is 305 g/mol. The van der Waals surface area contributed by atoms with Gasteiger partial charge in [0.2, 0.25) is 11.8 Å². The third-order valence-electron chi connectivity index (χ3n) is 4.75. The van der Waals surface area contributed by atoms with Gasteiger partial charge < -0.3 is 20.1 Å². The number of amides is 2. The predicted octanol–water partition coefficient (Wildman–Crippen LogP) is 1.81. The average molecular weight is 305 g/mol. The van der Waals surface area contributed by atoms with E-state index in [9.17, 15) is 9.59 Å². The van der Waals surface area contributed by atoms with Gasteiger partial charge in [-0.2, -0.15) is 0 Å². The minimum Gasteiger partial charge on any atom is -0.481 e. The number of piperidine rings is 1. The lowest BCUT2D eigenvalue weighted by Gasteiger charge is -2.30. The molecule has 2 heterocycles. The fourth-order valence-corrected chi connectivity index (χ4v) is 3.22. The van der Waals surface area contributed by atoms with E-state index in [1.54, 1.807) is 18.3 Å². The normalized spacial score (nSPS) is 22.2. The third-order valence-corrected chi connectivity index (χ3v) is 4.75. The minimum atomic E-state index is -0.874. The number of hydrogen-bond acceptors (Lipinski definition) is 4. The summed E-state index contributed by atoms with van der Waals surface area (Å²) >= 11 is 0. The van der Waals surface area contributed by atoms with Crippen LogP contribution in [0.15, 0.2) is 18.3 Å². The van der Waals surface area contributed by atoms with Crippen LogP contribution >= 0.6 is 0 Å². The van der Waals surface area contributed by atoms with Crippen LogP contribution in [-0.2, 0) is 4.79 Å². The first-order chi connectivity index (χ1) is 10.5. The van der Waals surface area contributed by atoms with Crippen molar-refractivity contribution in [3.05, 3.63) is 18.3 Å². The van der Waals surface area contributed by atoms with E-state index in [1.165, 1.54) is 12.0 Å². The minimum absolute atomic E-state index is 0.00394. The van der Waals surface area contributed by atoms with E-state index in [2.05, 4.69) is 10.3 Å². The number of pyridine rings is 1. The molecule has 0 aromatic carbocycles. The SMILES string of the molecule is COc1ccc(NC(=O)C2CC23CCN(C(=O)O)CC3)cn1. The largest absolute Gasteiger partial charge is 0.481 e. The molecule has 3 rings (SSSR count). The molecule has 1 aliphatic heterocycles. The highest BCUT2D eigenvalue weighted by molar-refractivity contribution is 5.95. The number of rotatable bonds is 3.